The predicted octanol–water partition coefficient (Wildman–Crippen LogP) is 3.68. The van der Waals surface area contributed by atoms with Gasteiger partial charge in [-0.15, -0.1) is 0 Å². The fraction of sp³-hybridized carbons (Fsp3) is 0.619. The number of piperidine rings is 1. The number of methoxy groups -OCH3 is 1. The van der Waals surface area contributed by atoms with E-state index in [0.717, 1.165) is 18.9 Å². The Hall–Kier alpha value is -2.27. The largest absolute Gasteiger partial charge is 0.417 e. The molecule has 158 valence electrons. The van der Waals surface area contributed by atoms with Crippen molar-refractivity contribution in [2.24, 2.45) is 11.3 Å². The Labute approximate surface area is 169 Å². The van der Waals surface area contributed by atoms with Crippen LogP contribution in [0.25, 0.3) is 0 Å². The van der Waals surface area contributed by atoms with Gasteiger partial charge in [-0.2, -0.15) is 18.4 Å². The van der Waals surface area contributed by atoms with E-state index in [1.54, 1.807) is 19.2 Å². The summed E-state index contributed by atoms with van der Waals surface area (Å²) in [7, 11) is 1.66. The van der Waals surface area contributed by atoms with E-state index in [-0.39, 0.29) is 22.8 Å². The number of likely N-dealkylation sites (tertiary alicyclic amines) is 1. The predicted molar refractivity (Wildman–Crippen MR) is 102 cm³/mol. The van der Waals surface area contributed by atoms with E-state index in [9.17, 15) is 18.0 Å². The van der Waals surface area contributed by atoms with Gasteiger partial charge in [0.05, 0.1) is 23.8 Å². The molecule has 2 heterocycles. The topological polar surface area (TPSA) is 56.6 Å². The number of ether oxygens (including phenoxy) is 1. The zero-order chi connectivity index (χ0) is 21.2. The number of carbonyl (C=O) groups excluding carboxylic acids is 1. The molecule has 0 aromatic heterocycles. The first-order valence-corrected chi connectivity index (χ1v) is 9.87. The fourth-order valence-electron chi connectivity index (χ4n) is 4.72. The number of halogens is 3. The third kappa shape index (κ3) is 4.20. The highest BCUT2D eigenvalue weighted by Gasteiger charge is 2.49. The van der Waals surface area contributed by atoms with Crippen molar-refractivity contribution in [3.63, 3.8) is 0 Å². The van der Waals surface area contributed by atoms with Crippen LogP contribution in [0.4, 0.5) is 18.9 Å². The van der Waals surface area contributed by atoms with E-state index >= 15 is 0 Å². The molecule has 1 amide bonds. The number of alkyl halides is 3. The van der Waals surface area contributed by atoms with Crippen LogP contribution in [0, 0.1) is 22.7 Å². The average Bonchev–Trinajstić information content (AvgIpc) is 3.05. The first-order chi connectivity index (χ1) is 13.7. The lowest BCUT2D eigenvalue weighted by Crippen LogP contribution is -2.45. The van der Waals surface area contributed by atoms with Crippen LogP contribution in [0.3, 0.4) is 0 Å². The molecule has 2 saturated heterocycles. The van der Waals surface area contributed by atoms with Crippen molar-refractivity contribution in [2.45, 2.75) is 32.4 Å². The highest BCUT2D eigenvalue weighted by Crippen LogP contribution is 2.46. The molecule has 29 heavy (non-hydrogen) atoms. The van der Waals surface area contributed by atoms with E-state index in [2.05, 4.69) is 0 Å². The fourth-order valence-corrected chi connectivity index (χ4v) is 4.72. The minimum absolute atomic E-state index is 0.0587. The zero-order valence-corrected chi connectivity index (χ0v) is 16.8. The number of hydrogen-bond acceptors (Lipinski definition) is 4. The Bertz CT molecular complexity index is 795. The van der Waals surface area contributed by atoms with Crippen LogP contribution in [0.15, 0.2) is 18.2 Å². The summed E-state index contributed by atoms with van der Waals surface area (Å²) in [6.45, 7) is 5.00. The molecule has 8 heteroatoms. The van der Waals surface area contributed by atoms with Crippen LogP contribution < -0.4 is 4.90 Å². The zero-order valence-electron chi connectivity index (χ0n) is 16.8. The summed E-state index contributed by atoms with van der Waals surface area (Å²) in [5.41, 5.74) is -0.833. The minimum Gasteiger partial charge on any atom is -0.384 e. The Kier molecular flexibility index (Phi) is 6.08. The summed E-state index contributed by atoms with van der Waals surface area (Å²) in [6.07, 6.45) is -2.52. The number of carbonyl (C=O) groups is 1. The van der Waals surface area contributed by atoms with Gasteiger partial charge in [0.25, 0.3) is 0 Å². The molecule has 1 aromatic rings. The lowest BCUT2D eigenvalue weighted by atomic mass is 9.71. The van der Waals surface area contributed by atoms with Crippen LogP contribution in [0.2, 0.25) is 0 Å². The maximum atomic E-state index is 13.3. The molecule has 1 spiro atoms. The molecule has 0 radical (unpaired) electrons. The number of rotatable bonds is 4. The standard InChI is InChI=1S/C21H26F3N3O2/c1-3-19(28)27-12-16(13-29-2)20(14-27)6-8-26(9-7-20)17-5-4-15(11-25)18(10-17)21(22,23)24/h4-5,10,16H,3,6-9,12-14H2,1-2H3. The number of benzene rings is 1. The number of nitrogens with zero attached hydrogens (tertiary/aromatic N) is 3. The van der Waals surface area contributed by atoms with Gasteiger partial charge in [0.1, 0.15) is 0 Å². The number of anilines is 1. The summed E-state index contributed by atoms with van der Waals surface area (Å²) in [5.74, 6) is 0.365. The Morgan fingerprint density at radius 1 is 1.34 bits per heavy atom. The maximum absolute atomic E-state index is 13.3. The van der Waals surface area contributed by atoms with Gasteiger partial charge in [-0.25, -0.2) is 0 Å². The highest BCUT2D eigenvalue weighted by molar-refractivity contribution is 5.76. The van der Waals surface area contributed by atoms with Crippen LogP contribution in [0.1, 0.15) is 37.3 Å². The summed E-state index contributed by atoms with van der Waals surface area (Å²) in [6, 6.07) is 5.52. The van der Waals surface area contributed by atoms with E-state index in [1.165, 1.54) is 6.07 Å². The summed E-state index contributed by atoms with van der Waals surface area (Å²) >= 11 is 0. The van der Waals surface area contributed by atoms with Gasteiger partial charge in [-0.3, -0.25) is 4.79 Å². The SMILES string of the molecule is CCC(=O)N1CC(COC)C2(CCN(c3ccc(C#N)c(C(F)(F)F)c3)CC2)C1. The van der Waals surface area contributed by atoms with Crippen molar-refractivity contribution < 1.29 is 22.7 Å². The molecule has 0 aliphatic carbocycles. The lowest BCUT2D eigenvalue weighted by molar-refractivity contribution is -0.137. The molecular formula is C21H26F3N3O2. The van der Waals surface area contributed by atoms with E-state index in [0.29, 0.717) is 44.9 Å². The molecular weight excluding hydrogens is 383 g/mol. The molecule has 0 saturated carbocycles. The van der Waals surface area contributed by atoms with Crippen molar-refractivity contribution in [1.82, 2.24) is 4.90 Å². The molecule has 0 N–H and O–H groups in total. The van der Waals surface area contributed by atoms with Crippen LogP contribution in [-0.4, -0.2) is 50.7 Å². The minimum atomic E-state index is -4.56. The molecule has 1 aromatic carbocycles. The van der Waals surface area contributed by atoms with Crippen molar-refractivity contribution in [2.75, 3.05) is 44.8 Å². The van der Waals surface area contributed by atoms with Crippen LogP contribution >= 0.6 is 0 Å². The van der Waals surface area contributed by atoms with Crippen molar-refractivity contribution in [3.05, 3.63) is 29.3 Å². The van der Waals surface area contributed by atoms with Crippen LogP contribution in [0.5, 0.6) is 0 Å². The number of amides is 1. The van der Waals surface area contributed by atoms with Crippen molar-refractivity contribution in [1.29, 1.82) is 5.26 Å². The van der Waals surface area contributed by atoms with Crippen molar-refractivity contribution >= 4 is 11.6 Å². The first kappa shape index (κ1) is 21.4. The third-order valence-electron chi connectivity index (χ3n) is 6.39. The highest BCUT2D eigenvalue weighted by atomic mass is 19.4. The van der Waals surface area contributed by atoms with E-state index in [1.807, 2.05) is 16.7 Å². The molecule has 3 rings (SSSR count). The lowest BCUT2D eigenvalue weighted by Gasteiger charge is -2.43. The smallest absolute Gasteiger partial charge is 0.384 e. The van der Waals surface area contributed by atoms with Crippen LogP contribution in [-0.2, 0) is 15.7 Å². The summed E-state index contributed by atoms with van der Waals surface area (Å²) < 4.78 is 45.3. The summed E-state index contributed by atoms with van der Waals surface area (Å²) in [4.78, 5) is 16.1. The van der Waals surface area contributed by atoms with E-state index in [4.69, 9.17) is 10.00 Å². The molecule has 2 aliphatic rings. The molecule has 2 aliphatic heterocycles. The molecule has 1 unspecified atom stereocenters. The van der Waals surface area contributed by atoms with Gasteiger partial charge in [-0.05, 0) is 36.5 Å². The average molecular weight is 409 g/mol. The molecule has 0 bridgehead atoms. The van der Waals surface area contributed by atoms with Gasteiger partial charge in [0.15, 0.2) is 0 Å². The molecule has 5 nitrogen and oxygen atoms in total. The second-order valence-electron chi connectivity index (χ2n) is 7.97. The Morgan fingerprint density at radius 2 is 2.03 bits per heavy atom. The quantitative estimate of drug-likeness (QED) is 0.761. The second-order valence-corrected chi connectivity index (χ2v) is 7.97. The maximum Gasteiger partial charge on any atom is 0.417 e. The third-order valence-corrected chi connectivity index (χ3v) is 6.39. The summed E-state index contributed by atoms with van der Waals surface area (Å²) in [5, 5.41) is 8.98. The van der Waals surface area contributed by atoms with Gasteiger partial charge >= 0.3 is 6.18 Å². The molecule has 2 fully saturated rings. The second kappa shape index (κ2) is 8.23. The van der Waals surface area contributed by atoms with Gasteiger partial charge in [0, 0.05) is 51.3 Å². The normalized spacial score (nSPS) is 21.4. The Balaban J connectivity index is 1.78. The first-order valence-electron chi connectivity index (χ1n) is 9.87. The monoisotopic (exact) mass is 409 g/mol. The van der Waals surface area contributed by atoms with Gasteiger partial charge in [0.2, 0.25) is 5.91 Å². The number of nitriles is 1. The van der Waals surface area contributed by atoms with E-state index < -0.39 is 11.7 Å². The van der Waals surface area contributed by atoms with Gasteiger partial charge in [-0.1, -0.05) is 6.92 Å². The van der Waals surface area contributed by atoms with Crippen molar-refractivity contribution in [3.8, 4) is 6.07 Å². The van der Waals surface area contributed by atoms with Gasteiger partial charge < -0.3 is 14.5 Å². The number of hydrogen-bond donors (Lipinski definition) is 0. The molecule has 1 atom stereocenters. The Morgan fingerprint density at radius 3 is 2.59 bits per heavy atom.